The van der Waals surface area contributed by atoms with Gasteiger partial charge < -0.3 is 16.8 Å². The summed E-state index contributed by atoms with van der Waals surface area (Å²) in [5.41, 5.74) is 11.2. The molecule has 0 heterocycles. The highest BCUT2D eigenvalue weighted by Gasteiger charge is 2.11. The van der Waals surface area contributed by atoms with E-state index in [4.69, 9.17) is 11.5 Å². The Kier molecular flexibility index (Phi) is 6.12. The Balaban J connectivity index is 0.000000292. The van der Waals surface area contributed by atoms with Crippen LogP contribution in [0.1, 0.15) is 13.8 Å². The topological polar surface area (TPSA) is 64.1 Å². The van der Waals surface area contributed by atoms with Crippen molar-refractivity contribution < 1.29 is 0 Å². The van der Waals surface area contributed by atoms with E-state index in [0.717, 1.165) is 18.7 Å². The first-order valence-corrected chi connectivity index (χ1v) is 4.87. The van der Waals surface area contributed by atoms with Gasteiger partial charge >= 0.3 is 0 Å². The minimum absolute atomic E-state index is 0.763. The zero-order valence-electron chi connectivity index (χ0n) is 9.09. The van der Waals surface area contributed by atoms with Crippen LogP contribution in [0.5, 0.6) is 0 Å². The van der Waals surface area contributed by atoms with Crippen LogP contribution in [0.15, 0.2) is 36.5 Å². The molecule has 1 rings (SSSR count). The summed E-state index contributed by atoms with van der Waals surface area (Å²) >= 11 is 0. The first-order chi connectivity index (χ1) is 6.52. The van der Waals surface area contributed by atoms with E-state index >= 15 is 0 Å². The maximum atomic E-state index is 5.50. The third-order valence-electron chi connectivity index (χ3n) is 1.67. The van der Waals surface area contributed by atoms with Crippen LogP contribution in [-0.2, 0) is 0 Å². The third-order valence-corrected chi connectivity index (χ3v) is 1.67. The highest BCUT2D eigenvalue weighted by atomic mass is 14.9. The van der Waals surface area contributed by atoms with Gasteiger partial charge in [-0.05, 0) is 30.8 Å². The molecule has 0 aromatic carbocycles. The van der Waals surface area contributed by atoms with Gasteiger partial charge in [0.2, 0.25) is 0 Å². The molecule has 0 atom stereocenters. The van der Waals surface area contributed by atoms with Gasteiger partial charge in [0, 0.05) is 0 Å². The molecule has 0 bridgehead atoms. The van der Waals surface area contributed by atoms with E-state index in [2.05, 4.69) is 25.7 Å². The van der Waals surface area contributed by atoms with Crippen LogP contribution >= 0.6 is 0 Å². The van der Waals surface area contributed by atoms with Crippen LogP contribution in [0.3, 0.4) is 0 Å². The van der Waals surface area contributed by atoms with Gasteiger partial charge in [0.1, 0.15) is 5.66 Å². The standard InChI is InChI=1S/C7H10N2.C4H11N/c1-6-2-4-7(8,9)5-3-6;1-3-5-4-2/h2-5H,1,8-9H2;5H,3-4H2,1-2H3. The normalized spacial score (nSPS) is 17.6. The average Bonchev–Trinajstić information content (AvgIpc) is 2.13. The number of nitrogens with two attached hydrogens (primary N) is 2. The van der Waals surface area contributed by atoms with E-state index < -0.39 is 5.66 Å². The number of rotatable bonds is 2. The van der Waals surface area contributed by atoms with Gasteiger partial charge in [0.25, 0.3) is 0 Å². The van der Waals surface area contributed by atoms with Crippen molar-refractivity contribution in [1.29, 1.82) is 0 Å². The lowest BCUT2D eigenvalue weighted by Crippen LogP contribution is -2.45. The van der Waals surface area contributed by atoms with E-state index in [-0.39, 0.29) is 0 Å². The zero-order chi connectivity index (χ0) is 11.0. The lowest BCUT2D eigenvalue weighted by molar-refractivity contribution is 0.689. The molecular weight excluding hydrogens is 174 g/mol. The number of nitrogens with one attached hydrogen (secondary N) is 1. The molecule has 14 heavy (non-hydrogen) atoms. The summed E-state index contributed by atoms with van der Waals surface area (Å²) in [5.74, 6) is 0. The van der Waals surface area contributed by atoms with E-state index in [1.807, 2.05) is 0 Å². The van der Waals surface area contributed by atoms with Crippen LogP contribution in [0, 0.1) is 0 Å². The molecule has 5 N–H and O–H groups in total. The Morgan fingerprint density at radius 3 is 1.86 bits per heavy atom. The van der Waals surface area contributed by atoms with E-state index in [1.165, 1.54) is 0 Å². The molecule has 0 amide bonds. The fraction of sp³-hybridized carbons (Fsp3) is 0.455. The molecule has 80 valence electrons. The SMILES string of the molecule is C=C1C=CC(N)(N)C=C1.CCNCC. The lowest BCUT2D eigenvalue weighted by Gasteiger charge is -2.17. The second kappa shape index (κ2) is 6.54. The highest BCUT2D eigenvalue weighted by Crippen LogP contribution is 2.08. The molecule has 0 aromatic heterocycles. The first kappa shape index (κ1) is 13.1. The van der Waals surface area contributed by atoms with Crippen LogP contribution < -0.4 is 16.8 Å². The molecule has 0 aromatic rings. The maximum Gasteiger partial charge on any atom is 0.103 e. The Labute approximate surface area is 86.5 Å². The second-order valence-corrected chi connectivity index (χ2v) is 3.20. The summed E-state index contributed by atoms with van der Waals surface area (Å²) in [6, 6.07) is 0. The van der Waals surface area contributed by atoms with E-state index in [0.29, 0.717) is 0 Å². The monoisotopic (exact) mass is 195 g/mol. The number of hydrogen-bond acceptors (Lipinski definition) is 3. The van der Waals surface area contributed by atoms with Crippen LogP contribution in [0.2, 0.25) is 0 Å². The fourth-order valence-corrected chi connectivity index (χ4v) is 0.864. The van der Waals surface area contributed by atoms with Crippen LogP contribution in [-0.4, -0.2) is 18.8 Å². The van der Waals surface area contributed by atoms with Crippen molar-refractivity contribution in [3.8, 4) is 0 Å². The van der Waals surface area contributed by atoms with Crippen molar-refractivity contribution in [3.63, 3.8) is 0 Å². The summed E-state index contributed by atoms with van der Waals surface area (Å²) in [4.78, 5) is 0. The molecule has 3 nitrogen and oxygen atoms in total. The summed E-state index contributed by atoms with van der Waals surface area (Å²) < 4.78 is 0. The van der Waals surface area contributed by atoms with Crippen molar-refractivity contribution in [1.82, 2.24) is 5.32 Å². The van der Waals surface area contributed by atoms with Crippen LogP contribution in [0.4, 0.5) is 0 Å². The van der Waals surface area contributed by atoms with Crippen molar-refractivity contribution in [3.05, 3.63) is 36.5 Å². The summed E-state index contributed by atoms with van der Waals surface area (Å²) in [5, 5.41) is 3.11. The maximum absolute atomic E-state index is 5.50. The van der Waals surface area contributed by atoms with Crippen molar-refractivity contribution in [2.45, 2.75) is 19.5 Å². The second-order valence-electron chi connectivity index (χ2n) is 3.20. The predicted octanol–water partition coefficient (Wildman–Crippen LogP) is 0.898. The molecule has 3 heteroatoms. The molecule has 0 aliphatic heterocycles. The molecule has 1 aliphatic rings. The molecule has 0 saturated carbocycles. The Hall–Kier alpha value is -0.900. The van der Waals surface area contributed by atoms with Gasteiger partial charge in [-0.2, -0.15) is 0 Å². The van der Waals surface area contributed by atoms with E-state index in [1.54, 1.807) is 24.3 Å². The largest absolute Gasteiger partial charge is 0.317 e. The van der Waals surface area contributed by atoms with Gasteiger partial charge in [-0.25, -0.2) is 0 Å². The molecular formula is C11H21N3. The van der Waals surface area contributed by atoms with Crippen molar-refractivity contribution in [2.24, 2.45) is 11.5 Å². The molecule has 0 unspecified atom stereocenters. The quantitative estimate of drug-likeness (QED) is 0.574. The molecule has 0 fully saturated rings. The van der Waals surface area contributed by atoms with Crippen molar-refractivity contribution in [2.75, 3.05) is 13.1 Å². The Morgan fingerprint density at radius 2 is 1.64 bits per heavy atom. The Morgan fingerprint density at radius 1 is 1.21 bits per heavy atom. The highest BCUT2D eigenvalue weighted by molar-refractivity contribution is 5.37. The van der Waals surface area contributed by atoms with Gasteiger partial charge in [0.05, 0.1) is 0 Å². The number of allylic oxidation sites excluding steroid dienone is 3. The van der Waals surface area contributed by atoms with Gasteiger partial charge in [-0.1, -0.05) is 32.6 Å². The van der Waals surface area contributed by atoms with Gasteiger partial charge in [-0.15, -0.1) is 0 Å². The predicted molar refractivity (Wildman–Crippen MR) is 62.7 cm³/mol. The van der Waals surface area contributed by atoms with Gasteiger partial charge in [-0.3, -0.25) is 0 Å². The molecule has 1 aliphatic carbocycles. The Bertz CT molecular complexity index is 207. The minimum atomic E-state index is -0.763. The fourth-order valence-electron chi connectivity index (χ4n) is 0.864. The smallest absolute Gasteiger partial charge is 0.103 e. The zero-order valence-corrected chi connectivity index (χ0v) is 9.09. The summed E-state index contributed by atoms with van der Waals surface area (Å²) in [6.07, 6.45) is 7.05. The lowest BCUT2D eigenvalue weighted by atomic mass is 10.0. The van der Waals surface area contributed by atoms with E-state index in [9.17, 15) is 0 Å². The first-order valence-electron chi connectivity index (χ1n) is 4.87. The molecule has 0 spiro atoms. The van der Waals surface area contributed by atoms with Crippen molar-refractivity contribution >= 4 is 0 Å². The van der Waals surface area contributed by atoms with Crippen LogP contribution in [0.25, 0.3) is 0 Å². The third kappa shape index (κ3) is 6.60. The summed E-state index contributed by atoms with van der Waals surface area (Å²) in [6.45, 7) is 10.1. The van der Waals surface area contributed by atoms with Gasteiger partial charge in [0.15, 0.2) is 0 Å². The summed E-state index contributed by atoms with van der Waals surface area (Å²) in [7, 11) is 0. The minimum Gasteiger partial charge on any atom is -0.317 e. The number of hydrogen-bond donors (Lipinski definition) is 3. The average molecular weight is 195 g/mol. The molecule has 0 saturated heterocycles. The molecule has 0 radical (unpaired) electrons.